The van der Waals surface area contributed by atoms with Crippen molar-refractivity contribution in [2.45, 2.75) is 5.16 Å². The molecule has 0 aliphatic carbocycles. The number of halogens is 1. The zero-order valence-electron chi connectivity index (χ0n) is 9.74. The zero-order chi connectivity index (χ0) is 13.6. The van der Waals surface area contributed by atoms with Gasteiger partial charge in [0.1, 0.15) is 0 Å². The molecule has 3 rings (SSSR count). The molecule has 5 nitrogen and oxygen atoms in total. The van der Waals surface area contributed by atoms with Gasteiger partial charge in [-0.25, -0.2) is 8.42 Å². The Morgan fingerprint density at radius 1 is 1.26 bits per heavy atom. The quantitative estimate of drug-likeness (QED) is 0.682. The van der Waals surface area contributed by atoms with E-state index in [2.05, 4.69) is 10.2 Å². The average Bonchev–Trinajstić information content (AvgIpc) is 2.91. The molecule has 0 unspecified atom stereocenters. The van der Waals surface area contributed by atoms with Crippen LogP contribution in [0.5, 0.6) is 0 Å². The van der Waals surface area contributed by atoms with Gasteiger partial charge in [0.2, 0.25) is 0 Å². The maximum atomic E-state index is 11.3. The topological polar surface area (TPSA) is 64.8 Å². The standard InChI is InChI=1S/C11H8ClN3O2S2/c1-15-10(13-14-11(15)19(12,16)17)8-6-18-9-5-3-2-4-7(8)9/h2-6H,1H3. The van der Waals surface area contributed by atoms with Crippen molar-refractivity contribution in [1.82, 2.24) is 14.8 Å². The monoisotopic (exact) mass is 313 g/mol. The summed E-state index contributed by atoms with van der Waals surface area (Å²) in [7, 11) is 3.00. The Bertz CT molecular complexity index is 867. The largest absolute Gasteiger partial charge is 0.300 e. The molecule has 0 aliphatic rings. The lowest BCUT2D eigenvalue weighted by Gasteiger charge is -2.00. The van der Waals surface area contributed by atoms with E-state index < -0.39 is 9.05 Å². The highest BCUT2D eigenvalue weighted by Gasteiger charge is 2.22. The Kier molecular flexibility index (Phi) is 2.84. The molecule has 98 valence electrons. The summed E-state index contributed by atoms with van der Waals surface area (Å²) in [5.41, 5.74) is 0.849. The first-order valence-electron chi connectivity index (χ1n) is 5.29. The van der Waals surface area contributed by atoms with Gasteiger partial charge in [0, 0.05) is 38.8 Å². The molecule has 0 bridgehead atoms. The molecule has 0 saturated carbocycles. The van der Waals surface area contributed by atoms with E-state index in [0.29, 0.717) is 5.82 Å². The van der Waals surface area contributed by atoms with Gasteiger partial charge in [-0.3, -0.25) is 4.57 Å². The van der Waals surface area contributed by atoms with Gasteiger partial charge in [-0.1, -0.05) is 18.2 Å². The summed E-state index contributed by atoms with van der Waals surface area (Å²) >= 11 is 1.57. The summed E-state index contributed by atoms with van der Waals surface area (Å²) in [6.07, 6.45) is 0. The predicted octanol–water partition coefficient (Wildman–Crippen LogP) is 2.62. The van der Waals surface area contributed by atoms with Crippen LogP contribution in [-0.4, -0.2) is 23.2 Å². The van der Waals surface area contributed by atoms with Crippen LogP contribution in [0, 0.1) is 0 Å². The Balaban J connectivity index is 2.26. The highest BCUT2D eigenvalue weighted by atomic mass is 35.7. The fourth-order valence-electron chi connectivity index (χ4n) is 1.91. The lowest BCUT2D eigenvalue weighted by Crippen LogP contribution is -2.02. The van der Waals surface area contributed by atoms with Crippen LogP contribution in [0.25, 0.3) is 21.5 Å². The minimum Gasteiger partial charge on any atom is -0.300 e. The number of hydrogen-bond donors (Lipinski definition) is 0. The molecule has 2 heterocycles. The maximum Gasteiger partial charge on any atom is 0.296 e. The molecule has 0 saturated heterocycles. The van der Waals surface area contributed by atoms with Crippen molar-refractivity contribution in [2.24, 2.45) is 7.05 Å². The van der Waals surface area contributed by atoms with Crippen LogP contribution in [0.2, 0.25) is 0 Å². The molecule has 0 spiro atoms. The molecule has 8 heteroatoms. The van der Waals surface area contributed by atoms with Crippen LogP contribution in [-0.2, 0) is 16.1 Å². The summed E-state index contributed by atoms with van der Waals surface area (Å²) in [5, 5.41) is 10.3. The van der Waals surface area contributed by atoms with Gasteiger partial charge >= 0.3 is 0 Å². The van der Waals surface area contributed by atoms with Gasteiger partial charge in [0.15, 0.2) is 5.82 Å². The number of thiophene rings is 1. The SMILES string of the molecule is Cn1c(-c2csc3ccccc23)nnc1S(=O)(=O)Cl. The Morgan fingerprint density at radius 2 is 2.00 bits per heavy atom. The molecule has 0 amide bonds. The Labute approximate surface area is 117 Å². The smallest absolute Gasteiger partial charge is 0.296 e. The number of benzene rings is 1. The molecular formula is C11H8ClN3O2S2. The average molecular weight is 314 g/mol. The van der Waals surface area contributed by atoms with Gasteiger partial charge in [-0.2, -0.15) is 0 Å². The highest BCUT2D eigenvalue weighted by molar-refractivity contribution is 8.13. The molecular weight excluding hydrogens is 306 g/mol. The van der Waals surface area contributed by atoms with E-state index in [1.54, 1.807) is 18.4 Å². The maximum absolute atomic E-state index is 11.3. The van der Waals surface area contributed by atoms with E-state index in [4.69, 9.17) is 10.7 Å². The zero-order valence-corrected chi connectivity index (χ0v) is 12.1. The normalized spacial score (nSPS) is 12.1. The van der Waals surface area contributed by atoms with Crippen LogP contribution in [0.3, 0.4) is 0 Å². The minimum atomic E-state index is -3.89. The number of hydrogen-bond acceptors (Lipinski definition) is 5. The second kappa shape index (κ2) is 4.29. The summed E-state index contributed by atoms with van der Waals surface area (Å²) in [4.78, 5) is 0. The fourth-order valence-corrected chi connectivity index (χ4v) is 3.81. The third kappa shape index (κ3) is 2.03. The van der Waals surface area contributed by atoms with Crippen LogP contribution in [0.15, 0.2) is 34.8 Å². The number of rotatable bonds is 2. The first kappa shape index (κ1) is 12.6. The molecule has 0 radical (unpaired) electrons. The fraction of sp³-hybridized carbons (Fsp3) is 0.0909. The summed E-state index contributed by atoms with van der Waals surface area (Å²) < 4.78 is 25.2. The van der Waals surface area contributed by atoms with E-state index in [-0.39, 0.29) is 5.16 Å². The van der Waals surface area contributed by atoms with Crippen molar-refractivity contribution >= 4 is 41.2 Å². The lowest BCUT2D eigenvalue weighted by atomic mass is 10.2. The number of aromatic nitrogens is 3. The van der Waals surface area contributed by atoms with Crippen LogP contribution < -0.4 is 0 Å². The van der Waals surface area contributed by atoms with Gasteiger partial charge in [0.25, 0.3) is 14.2 Å². The lowest BCUT2D eigenvalue weighted by molar-refractivity contribution is 0.593. The summed E-state index contributed by atoms with van der Waals surface area (Å²) in [6, 6.07) is 7.84. The number of nitrogens with zero attached hydrogens (tertiary/aromatic N) is 3. The van der Waals surface area contributed by atoms with Crippen LogP contribution in [0.4, 0.5) is 0 Å². The van der Waals surface area contributed by atoms with Gasteiger partial charge in [-0.15, -0.1) is 21.5 Å². The predicted molar refractivity (Wildman–Crippen MR) is 74.9 cm³/mol. The third-order valence-electron chi connectivity index (χ3n) is 2.77. The molecule has 0 atom stereocenters. The van der Waals surface area contributed by atoms with Crippen molar-refractivity contribution in [1.29, 1.82) is 0 Å². The van der Waals surface area contributed by atoms with Gasteiger partial charge in [-0.05, 0) is 6.07 Å². The van der Waals surface area contributed by atoms with Crippen molar-refractivity contribution in [3.8, 4) is 11.4 Å². The summed E-state index contributed by atoms with van der Waals surface area (Å²) in [5.74, 6) is 0.483. The third-order valence-corrected chi connectivity index (χ3v) is 4.94. The van der Waals surface area contributed by atoms with Crippen LogP contribution >= 0.6 is 22.0 Å². The molecule has 0 fully saturated rings. The second-order valence-corrected chi connectivity index (χ2v) is 7.32. The minimum absolute atomic E-state index is 0.251. The summed E-state index contributed by atoms with van der Waals surface area (Å²) in [6.45, 7) is 0. The molecule has 0 aliphatic heterocycles. The molecule has 1 aromatic carbocycles. The van der Waals surface area contributed by atoms with Crippen molar-refractivity contribution in [3.05, 3.63) is 29.6 Å². The van der Waals surface area contributed by atoms with Crippen molar-refractivity contribution < 1.29 is 8.42 Å². The Morgan fingerprint density at radius 3 is 2.68 bits per heavy atom. The van der Waals surface area contributed by atoms with Crippen LogP contribution in [0.1, 0.15) is 0 Å². The van der Waals surface area contributed by atoms with E-state index in [9.17, 15) is 8.42 Å². The highest BCUT2D eigenvalue weighted by Crippen LogP contribution is 2.33. The van der Waals surface area contributed by atoms with E-state index >= 15 is 0 Å². The first-order valence-corrected chi connectivity index (χ1v) is 8.48. The van der Waals surface area contributed by atoms with Gasteiger partial charge < -0.3 is 0 Å². The Hall–Kier alpha value is -1.44. The molecule has 2 aromatic heterocycles. The van der Waals surface area contributed by atoms with Gasteiger partial charge in [0.05, 0.1) is 0 Å². The first-order chi connectivity index (χ1) is 8.98. The molecule has 3 aromatic rings. The van der Waals surface area contributed by atoms with E-state index in [1.807, 2.05) is 29.6 Å². The number of fused-ring (bicyclic) bond motifs is 1. The van der Waals surface area contributed by atoms with E-state index in [0.717, 1.165) is 15.6 Å². The van der Waals surface area contributed by atoms with Crippen molar-refractivity contribution in [2.75, 3.05) is 0 Å². The van der Waals surface area contributed by atoms with E-state index in [1.165, 1.54) is 4.57 Å². The second-order valence-electron chi connectivity index (χ2n) is 3.95. The van der Waals surface area contributed by atoms with Crippen molar-refractivity contribution in [3.63, 3.8) is 0 Å². The molecule has 0 N–H and O–H groups in total. The molecule has 19 heavy (non-hydrogen) atoms.